The molecule has 16 heavy (non-hydrogen) atoms. The molecule has 1 rings (SSSR count). The van der Waals surface area contributed by atoms with Gasteiger partial charge in [-0.25, -0.2) is 0 Å². The van der Waals surface area contributed by atoms with Crippen LogP contribution in [0.5, 0.6) is 5.75 Å². The van der Waals surface area contributed by atoms with Gasteiger partial charge in [0.2, 0.25) is 0 Å². The highest BCUT2D eigenvalue weighted by molar-refractivity contribution is 9.10. The monoisotopic (exact) mass is 282 g/mol. The molecule has 0 saturated heterocycles. The number of aliphatic hydroxyl groups is 1. The van der Waals surface area contributed by atoms with E-state index in [2.05, 4.69) is 21.9 Å². The average Bonchev–Trinajstić information content (AvgIpc) is 2.30. The Labute approximate surface area is 105 Å². The van der Waals surface area contributed by atoms with Gasteiger partial charge in [-0.3, -0.25) is 0 Å². The van der Waals surface area contributed by atoms with Crippen molar-refractivity contribution < 1.29 is 9.84 Å². The largest absolute Gasteiger partial charge is 0.497 e. The Morgan fingerprint density at radius 2 is 2.31 bits per heavy atom. The zero-order chi connectivity index (χ0) is 12.0. The molecule has 0 heterocycles. The van der Waals surface area contributed by atoms with Crippen molar-refractivity contribution in [2.45, 2.75) is 25.4 Å². The minimum atomic E-state index is -0.502. The average molecular weight is 283 g/mol. The first-order chi connectivity index (χ1) is 7.69. The lowest BCUT2D eigenvalue weighted by Crippen LogP contribution is -1.99. The Hall–Kier alpha value is -0.980. The van der Waals surface area contributed by atoms with E-state index in [4.69, 9.17) is 11.2 Å². The van der Waals surface area contributed by atoms with Gasteiger partial charge >= 0.3 is 0 Å². The molecule has 0 radical (unpaired) electrons. The molecule has 86 valence electrons. The van der Waals surface area contributed by atoms with Gasteiger partial charge in [0.15, 0.2) is 0 Å². The highest BCUT2D eigenvalue weighted by atomic mass is 79.9. The second-order valence-corrected chi connectivity index (χ2v) is 4.35. The molecule has 1 atom stereocenters. The van der Waals surface area contributed by atoms with Gasteiger partial charge in [0, 0.05) is 10.9 Å². The standard InChI is InChI=1S/C13H15BrO2/c1-3-4-5-6-13(15)11-9-10(16-2)7-8-12(11)14/h1,7-9,13,15H,4-6H2,2H3. The summed E-state index contributed by atoms with van der Waals surface area (Å²) in [5, 5.41) is 9.99. The maximum absolute atomic E-state index is 9.99. The van der Waals surface area contributed by atoms with Crippen molar-refractivity contribution in [3.63, 3.8) is 0 Å². The van der Waals surface area contributed by atoms with Gasteiger partial charge in [-0.05, 0) is 36.6 Å². The number of methoxy groups -OCH3 is 1. The Morgan fingerprint density at radius 1 is 1.56 bits per heavy atom. The van der Waals surface area contributed by atoms with Crippen molar-refractivity contribution >= 4 is 15.9 Å². The fourth-order valence-electron chi connectivity index (χ4n) is 1.46. The van der Waals surface area contributed by atoms with E-state index in [0.717, 1.165) is 22.2 Å². The second-order valence-electron chi connectivity index (χ2n) is 3.50. The number of halogens is 1. The van der Waals surface area contributed by atoms with Crippen molar-refractivity contribution in [2.24, 2.45) is 0 Å². The van der Waals surface area contributed by atoms with E-state index >= 15 is 0 Å². The number of unbranched alkanes of at least 4 members (excludes halogenated alkanes) is 1. The van der Waals surface area contributed by atoms with E-state index in [1.165, 1.54) is 0 Å². The topological polar surface area (TPSA) is 29.5 Å². The smallest absolute Gasteiger partial charge is 0.119 e. The van der Waals surface area contributed by atoms with Gasteiger partial charge < -0.3 is 9.84 Å². The first kappa shape index (κ1) is 13.1. The van der Waals surface area contributed by atoms with E-state index in [9.17, 15) is 5.11 Å². The van der Waals surface area contributed by atoms with Gasteiger partial charge in [0.1, 0.15) is 5.75 Å². The lowest BCUT2D eigenvalue weighted by Gasteiger charge is -2.13. The van der Waals surface area contributed by atoms with Crippen LogP contribution in [0, 0.1) is 12.3 Å². The number of hydrogen-bond donors (Lipinski definition) is 1. The molecule has 0 aliphatic rings. The molecular weight excluding hydrogens is 268 g/mol. The van der Waals surface area contributed by atoms with Gasteiger partial charge in [0.25, 0.3) is 0 Å². The summed E-state index contributed by atoms with van der Waals surface area (Å²) in [5.41, 5.74) is 0.844. The van der Waals surface area contributed by atoms with Crippen molar-refractivity contribution in [3.05, 3.63) is 28.2 Å². The number of hydrogen-bond acceptors (Lipinski definition) is 2. The van der Waals surface area contributed by atoms with Gasteiger partial charge in [0.05, 0.1) is 13.2 Å². The fraction of sp³-hybridized carbons (Fsp3) is 0.385. The molecule has 0 spiro atoms. The molecule has 0 aliphatic carbocycles. The van der Waals surface area contributed by atoms with Crippen LogP contribution in [0.3, 0.4) is 0 Å². The highest BCUT2D eigenvalue weighted by Crippen LogP contribution is 2.30. The van der Waals surface area contributed by atoms with E-state index in [-0.39, 0.29) is 0 Å². The third-order valence-electron chi connectivity index (χ3n) is 2.36. The van der Waals surface area contributed by atoms with E-state index in [1.807, 2.05) is 18.2 Å². The number of benzene rings is 1. The minimum Gasteiger partial charge on any atom is -0.497 e. The van der Waals surface area contributed by atoms with Crippen LogP contribution in [0.1, 0.15) is 30.9 Å². The third-order valence-corrected chi connectivity index (χ3v) is 3.08. The predicted molar refractivity (Wildman–Crippen MR) is 68.3 cm³/mol. The zero-order valence-electron chi connectivity index (χ0n) is 9.24. The summed E-state index contributed by atoms with van der Waals surface area (Å²) in [5.74, 6) is 3.31. The van der Waals surface area contributed by atoms with Crippen LogP contribution in [0.25, 0.3) is 0 Å². The van der Waals surface area contributed by atoms with E-state index in [1.54, 1.807) is 7.11 Å². The molecule has 0 saturated carbocycles. The Balaban J connectivity index is 2.73. The maximum Gasteiger partial charge on any atom is 0.119 e. The molecule has 0 aliphatic heterocycles. The van der Waals surface area contributed by atoms with Crippen LogP contribution in [0.4, 0.5) is 0 Å². The van der Waals surface area contributed by atoms with Crippen molar-refractivity contribution in [1.29, 1.82) is 0 Å². The summed E-state index contributed by atoms with van der Waals surface area (Å²) in [6.45, 7) is 0. The van der Waals surface area contributed by atoms with Crippen molar-refractivity contribution in [2.75, 3.05) is 7.11 Å². The van der Waals surface area contributed by atoms with Gasteiger partial charge in [-0.2, -0.15) is 0 Å². The number of terminal acetylenes is 1. The first-order valence-electron chi connectivity index (χ1n) is 5.14. The Kier molecular flexibility index (Phi) is 5.37. The van der Waals surface area contributed by atoms with E-state index < -0.39 is 6.10 Å². The van der Waals surface area contributed by atoms with Crippen LogP contribution in [-0.4, -0.2) is 12.2 Å². The molecule has 2 nitrogen and oxygen atoms in total. The molecule has 1 aromatic rings. The summed E-state index contributed by atoms with van der Waals surface area (Å²) in [7, 11) is 1.61. The van der Waals surface area contributed by atoms with Gasteiger partial charge in [-0.15, -0.1) is 12.3 Å². The minimum absolute atomic E-state index is 0.502. The van der Waals surface area contributed by atoms with Crippen LogP contribution in [-0.2, 0) is 0 Å². The summed E-state index contributed by atoms with van der Waals surface area (Å²) < 4.78 is 6.01. The molecule has 0 amide bonds. The lowest BCUT2D eigenvalue weighted by molar-refractivity contribution is 0.164. The zero-order valence-corrected chi connectivity index (χ0v) is 10.8. The molecule has 1 unspecified atom stereocenters. The highest BCUT2D eigenvalue weighted by Gasteiger charge is 2.11. The van der Waals surface area contributed by atoms with Crippen LogP contribution < -0.4 is 4.74 Å². The summed E-state index contributed by atoms with van der Waals surface area (Å²) >= 11 is 3.41. The van der Waals surface area contributed by atoms with Crippen molar-refractivity contribution in [1.82, 2.24) is 0 Å². The summed E-state index contributed by atoms with van der Waals surface area (Å²) in [6, 6.07) is 5.56. The third kappa shape index (κ3) is 3.55. The molecule has 1 aromatic carbocycles. The molecule has 0 aromatic heterocycles. The Morgan fingerprint density at radius 3 is 2.94 bits per heavy atom. The predicted octanol–water partition coefficient (Wildman–Crippen LogP) is 3.29. The molecule has 3 heteroatoms. The number of ether oxygens (including phenoxy) is 1. The second kappa shape index (κ2) is 6.57. The van der Waals surface area contributed by atoms with Gasteiger partial charge in [-0.1, -0.05) is 15.9 Å². The Bertz CT molecular complexity index is 382. The molecule has 1 N–H and O–H groups in total. The van der Waals surface area contributed by atoms with Crippen LogP contribution in [0.2, 0.25) is 0 Å². The molecular formula is C13H15BrO2. The summed E-state index contributed by atoms with van der Waals surface area (Å²) in [4.78, 5) is 0. The van der Waals surface area contributed by atoms with Crippen LogP contribution >= 0.6 is 15.9 Å². The quantitative estimate of drug-likeness (QED) is 0.663. The number of rotatable bonds is 5. The van der Waals surface area contributed by atoms with Crippen LogP contribution in [0.15, 0.2) is 22.7 Å². The molecule has 0 fully saturated rings. The summed E-state index contributed by atoms with van der Waals surface area (Å²) in [6.07, 6.45) is 6.84. The fourth-order valence-corrected chi connectivity index (χ4v) is 1.97. The number of aliphatic hydroxyl groups excluding tert-OH is 1. The van der Waals surface area contributed by atoms with Crippen molar-refractivity contribution in [3.8, 4) is 18.1 Å². The maximum atomic E-state index is 9.99. The molecule has 0 bridgehead atoms. The van der Waals surface area contributed by atoms with E-state index in [0.29, 0.717) is 12.8 Å². The SMILES string of the molecule is C#CCCCC(O)c1cc(OC)ccc1Br. The normalized spacial score (nSPS) is 11.9. The lowest BCUT2D eigenvalue weighted by atomic mass is 10.0. The first-order valence-corrected chi connectivity index (χ1v) is 5.93.